The standard InChI is InChI=1S/C15H29NO3/c1-12-5-8-15(11-17,9-6-12)16-10-7-13(18)19-14(2,3)4/h12,16-17H,5-11H2,1-4H3. The first-order valence-corrected chi connectivity index (χ1v) is 7.34. The van der Waals surface area contributed by atoms with Gasteiger partial charge < -0.3 is 15.2 Å². The summed E-state index contributed by atoms with van der Waals surface area (Å²) in [5.74, 6) is 0.560. The predicted octanol–water partition coefficient (Wildman–Crippen LogP) is 2.25. The summed E-state index contributed by atoms with van der Waals surface area (Å²) in [4.78, 5) is 11.6. The number of hydrogen-bond donors (Lipinski definition) is 2. The summed E-state index contributed by atoms with van der Waals surface area (Å²) >= 11 is 0. The summed E-state index contributed by atoms with van der Waals surface area (Å²) in [6, 6.07) is 0. The van der Waals surface area contributed by atoms with Gasteiger partial charge in [0.15, 0.2) is 0 Å². The molecule has 19 heavy (non-hydrogen) atoms. The summed E-state index contributed by atoms with van der Waals surface area (Å²) in [6.45, 7) is 8.59. The summed E-state index contributed by atoms with van der Waals surface area (Å²) in [5, 5.41) is 13.0. The van der Waals surface area contributed by atoms with Gasteiger partial charge in [-0.2, -0.15) is 0 Å². The number of aliphatic hydroxyl groups excluding tert-OH is 1. The van der Waals surface area contributed by atoms with Gasteiger partial charge in [-0.15, -0.1) is 0 Å². The number of hydrogen-bond acceptors (Lipinski definition) is 4. The predicted molar refractivity (Wildman–Crippen MR) is 75.9 cm³/mol. The molecule has 1 aliphatic carbocycles. The monoisotopic (exact) mass is 271 g/mol. The molecule has 1 rings (SSSR count). The zero-order chi connectivity index (χ0) is 14.5. The van der Waals surface area contributed by atoms with Crippen molar-refractivity contribution in [2.45, 2.75) is 70.9 Å². The molecule has 1 aliphatic rings. The third-order valence-corrected chi connectivity index (χ3v) is 3.78. The van der Waals surface area contributed by atoms with E-state index in [1.165, 1.54) is 0 Å². The van der Waals surface area contributed by atoms with Gasteiger partial charge in [0.2, 0.25) is 0 Å². The second-order valence-corrected chi connectivity index (χ2v) is 6.88. The molecular formula is C15H29NO3. The number of esters is 1. The molecule has 0 heterocycles. The van der Waals surface area contributed by atoms with E-state index in [1.807, 2.05) is 20.8 Å². The maximum atomic E-state index is 11.6. The molecular weight excluding hydrogens is 242 g/mol. The van der Waals surface area contributed by atoms with E-state index in [0.717, 1.165) is 31.6 Å². The first-order valence-electron chi connectivity index (χ1n) is 7.34. The Morgan fingerprint density at radius 3 is 2.42 bits per heavy atom. The molecule has 0 spiro atoms. The number of carbonyl (C=O) groups excluding carboxylic acids is 1. The maximum absolute atomic E-state index is 11.6. The van der Waals surface area contributed by atoms with Gasteiger partial charge in [-0.1, -0.05) is 6.92 Å². The third-order valence-electron chi connectivity index (χ3n) is 3.78. The van der Waals surface area contributed by atoms with Crippen molar-refractivity contribution in [3.05, 3.63) is 0 Å². The first-order chi connectivity index (χ1) is 8.76. The van der Waals surface area contributed by atoms with Gasteiger partial charge in [-0.05, 0) is 52.4 Å². The lowest BCUT2D eigenvalue weighted by Gasteiger charge is -2.39. The van der Waals surface area contributed by atoms with Crippen LogP contribution in [0.25, 0.3) is 0 Å². The zero-order valence-corrected chi connectivity index (χ0v) is 12.8. The lowest BCUT2D eigenvalue weighted by atomic mass is 9.77. The molecule has 0 aromatic carbocycles. The lowest BCUT2D eigenvalue weighted by Crippen LogP contribution is -2.51. The molecule has 0 unspecified atom stereocenters. The number of rotatable bonds is 5. The van der Waals surface area contributed by atoms with Crippen LogP contribution in [0.4, 0.5) is 0 Å². The number of aliphatic hydroxyl groups is 1. The fourth-order valence-electron chi connectivity index (χ4n) is 2.53. The summed E-state index contributed by atoms with van der Waals surface area (Å²) in [6.07, 6.45) is 4.60. The Bertz CT molecular complexity index is 288. The second-order valence-electron chi connectivity index (χ2n) is 6.88. The Kier molecular flexibility index (Phi) is 5.81. The zero-order valence-electron chi connectivity index (χ0n) is 12.8. The second kappa shape index (κ2) is 6.71. The SMILES string of the molecule is CC1CCC(CO)(NCCC(=O)OC(C)(C)C)CC1. The van der Waals surface area contributed by atoms with E-state index in [9.17, 15) is 9.90 Å². The van der Waals surface area contributed by atoms with Crippen LogP contribution in [0, 0.1) is 5.92 Å². The van der Waals surface area contributed by atoms with E-state index >= 15 is 0 Å². The molecule has 0 saturated heterocycles. The van der Waals surface area contributed by atoms with Gasteiger partial charge in [0.1, 0.15) is 5.60 Å². The maximum Gasteiger partial charge on any atom is 0.307 e. The Morgan fingerprint density at radius 2 is 1.95 bits per heavy atom. The summed E-state index contributed by atoms with van der Waals surface area (Å²) in [5.41, 5.74) is -0.611. The Labute approximate surface area is 116 Å². The molecule has 0 bridgehead atoms. The van der Waals surface area contributed by atoms with E-state index in [1.54, 1.807) is 0 Å². The van der Waals surface area contributed by atoms with Crippen LogP contribution in [0.3, 0.4) is 0 Å². The third kappa shape index (κ3) is 5.91. The van der Waals surface area contributed by atoms with E-state index in [2.05, 4.69) is 12.2 Å². The minimum atomic E-state index is -0.425. The van der Waals surface area contributed by atoms with Crippen molar-refractivity contribution >= 4 is 5.97 Å². The molecule has 4 nitrogen and oxygen atoms in total. The Hall–Kier alpha value is -0.610. The molecule has 1 fully saturated rings. The van der Waals surface area contributed by atoms with Crippen molar-refractivity contribution in [1.29, 1.82) is 0 Å². The molecule has 1 saturated carbocycles. The van der Waals surface area contributed by atoms with Crippen molar-refractivity contribution < 1.29 is 14.6 Å². The molecule has 0 atom stereocenters. The van der Waals surface area contributed by atoms with Gasteiger partial charge in [-0.3, -0.25) is 4.79 Å². The summed E-state index contributed by atoms with van der Waals surface area (Å²) in [7, 11) is 0. The molecule has 0 amide bonds. The van der Waals surface area contributed by atoms with Crippen molar-refractivity contribution in [3.8, 4) is 0 Å². The minimum Gasteiger partial charge on any atom is -0.460 e. The molecule has 0 aromatic rings. The Morgan fingerprint density at radius 1 is 1.37 bits per heavy atom. The molecule has 0 aromatic heterocycles. The van der Waals surface area contributed by atoms with Gasteiger partial charge >= 0.3 is 5.97 Å². The van der Waals surface area contributed by atoms with Crippen LogP contribution in [-0.2, 0) is 9.53 Å². The highest BCUT2D eigenvalue weighted by Crippen LogP contribution is 2.31. The first kappa shape index (κ1) is 16.4. The van der Waals surface area contributed by atoms with Crippen LogP contribution >= 0.6 is 0 Å². The topological polar surface area (TPSA) is 58.6 Å². The van der Waals surface area contributed by atoms with Gasteiger partial charge in [0, 0.05) is 12.1 Å². The highest BCUT2D eigenvalue weighted by molar-refractivity contribution is 5.70. The van der Waals surface area contributed by atoms with Crippen molar-refractivity contribution in [1.82, 2.24) is 5.32 Å². The van der Waals surface area contributed by atoms with E-state index < -0.39 is 5.60 Å². The van der Waals surface area contributed by atoms with Crippen LogP contribution in [0.5, 0.6) is 0 Å². The van der Waals surface area contributed by atoms with Crippen molar-refractivity contribution in [2.24, 2.45) is 5.92 Å². The number of carbonyl (C=O) groups is 1. The summed E-state index contributed by atoms with van der Waals surface area (Å²) < 4.78 is 5.27. The van der Waals surface area contributed by atoms with Crippen LogP contribution in [0.15, 0.2) is 0 Å². The van der Waals surface area contributed by atoms with Crippen LogP contribution in [0.2, 0.25) is 0 Å². The van der Waals surface area contributed by atoms with Crippen LogP contribution in [-0.4, -0.2) is 35.4 Å². The minimum absolute atomic E-state index is 0.147. The lowest BCUT2D eigenvalue weighted by molar-refractivity contribution is -0.154. The highest BCUT2D eigenvalue weighted by Gasteiger charge is 2.33. The van der Waals surface area contributed by atoms with Crippen LogP contribution < -0.4 is 5.32 Å². The van der Waals surface area contributed by atoms with E-state index in [0.29, 0.717) is 13.0 Å². The molecule has 112 valence electrons. The average molecular weight is 271 g/mol. The van der Waals surface area contributed by atoms with Crippen molar-refractivity contribution in [2.75, 3.05) is 13.2 Å². The van der Waals surface area contributed by atoms with Crippen molar-refractivity contribution in [3.63, 3.8) is 0 Å². The van der Waals surface area contributed by atoms with Crippen LogP contribution in [0.1, 0.15) is 59.8 Å². The van der Waals surface area contributed by atoms with E-state index in [4.69, 9.17) is 4.74 Å². The highest BCUT2D eigenvalue weighted by atomic mass is 16.6. The number of ether oxygens (including phenoxy) is 1. The smallest absolute Gasteiger partial charge is 0.307 e. The molecule has 0 aliphatic heterocycles. The molecule has 2 N–H and O–H groups in total. The quantitative estimate of drug-likeness (QED) is 0.753. The normalized spacial score (nSPS) is 28.2. The van der Waals surface area contributed by atoms with E-state index in [-0.39, 0.29) is 18.1 Å². The van der Waals surface area contributed by atoms with Gasteiger partial charge in [0.05, 0.1) is 13.0 Å². The fourth-order valence-corrected chi connectivity index (χ4v) is 2.53. The molecule has 4 heteroatoms. The molecule has 0 radical (unpaired) electrons. The van der Waals surface area contributed by atoms with Gasteiger partial charge in [0.25, 0.3) is 0 Å². The fraction of sp³-hybridized carbons (Fsp3) is 0.933. The average Bonchev–Trinajstić information content (AvgIpc) is 2.30. The Balaban J connectivity index is 2.32. The largest absolute Gasteiger partial charge is 0.460 e. The van der Waals surface area contributed by atoms with Gasteiger partial charge in [-0.25, -0.2) is 0 Å². The number of nitrogens with one attached hydrogen (secondary N) is 1.